The van der Waals surface area contributed by atoms with Gasteiger partial charge in [-0.1, -0.05) is 0 Å². The quantitative estimate of drug-likeness (QED) is 0.893. The Morgan fingerprint density at radius 1 is 0.950 bits per heavy atom. The van der Waals surface area contributed by atoms with E-state index in [1.807, 2.05) is 13.8 Å². The van der Waals surface area contributed by atoms with Gasteiger partial charge in [0.15, 0.2) is 0 Å². The highest BCUT2D eigenvalue weighted by molar-refractivity contribution is 5.33. The summed E-state index contributed by atoms with van der Waals surface area (Å²) in [6, 6.07) is 7.23. The molecule has 2 aromatic rings. The van der Waals surface area contributed by atoms with E-state index in [4.69, 9.17) is 19.9 Å². The minimum absolute atomic E-state index is 0.0409. The van der Waals surface area contributed by atoms with Gasteiger partial charge in [-0.25, -0.2) is 0 Å². The molecule has 0 aliphatic heterocycles. The van der Waals surface area contributed by atoms with Crippen molar-refractivity contribution in [3.63, 3.8) is 0 Å². The molecular weight excluding hydrogens is 260 g/mol. The van der Waals surface area contributed by atoms with Gasteiger partial charge in [0.25, 0.3) is 0 Å². The fourth-order valence-electron chi connectivity index (χ4n) is 1.41. The number of ether oxygens (including phenoxy) is 3. The maximum Gasteiger partial charge on any atom is 0.330 e. The largest absolute Gasteiger partial charge is 0.497 e. The van der Waals surface area contributed by atoms with Crippen LogP contribution in [0.1, 0.15) is 13.8 Å². The fourth-order valence-corrected chi connectivity index (χ4v) is 1.41. The van der Waals surface area contributed by atoms with Crippen LogP contribution < -0.4 is 19.9 Å². The van der Waals surface area contributed by atoms with Gasteiger partial charge in [-0.2, -0.15) is 9.97 Å². The minimum Gasteiger partial charge on any atom is -0.497 e. The summed E-state index contributed by atoms with van der Waals surface area (Å²) < 4.78 is 15.9. The zero-order valence-electron chi connectivity index (χ0n) is 11.5. The Morgan fingerprint density at radius 3 is 2.15 bits per heavy atom. The predicted octanol–water partition coefficient (Wildman–Crippen LogP) is 2.04. The number of aromatic nitrogens is 3. The summed E-state index contributed by atoms with van der Waals surface area (Å²) in [5.41, 5.74) is 5.59. The Hall–Kier alpha value is -2.57. The highest BCUT2D eigenvalue weighted by Gasteiger charge is 2.09. The van der Waals surface area contributed by atoms with Crippen LogP contribution in [-0.4, -0.2) is 28.2 Å². The molecule has 1 heterocycles. The molecule has 2 rings (SSSR count). The third-order valence-corrected chi connectivity index (χ3v) is 2.22. The van der Waals surface area contributed by atoms with Gasteiger partial charge in [0.2, 0.25) is 5.95 Å². The zero-order chi connectivity index (χ0) is 14.5. The molecule has 1 aromatic heterocycles. The zero-order valence-corrected chi connectivity index (χ0v) is 11.5. The van der Waals surface area contributed by atoms with Gasteiger partial charge in [-0.05, 0) is 38.1 Å². The lowest BCUT2D eigenvalue weighted by Gasteiger charge is -2.09. The van der Waals surface area contributed by atoms with E-state index >= 15 is 0 Å². The van der Waals surface area contributed by atoms with Crippen LogP contribution in [0.5, 0.6) is 23.5 Å². The van der Waals surface area contributed by atoms with E-state index in [1.165, 1.54) is 0 Å². The van der Waals surface area contributed by atoms with E-state index < -0.39 is 0 Å². The Bertz CT molecular complexity index is 572. The Kier molecular flexibility index (Phi) is 4.19. The number of hydrogen-bond donors (Lipinski definition) is 1. The molecule has 2 N–H and O–H groups in total. The molecule has 0 unspecified atom stereocenters. The Labute approximate surface area is 116 Å². The number of nitrogens with zero attached hydrogens (tertiary/aromatic N) is 3. The first-order chi connectivity index (χ1) is 9.56. The van der Waals surface area contributed by atoms with Crippen molar-refractivity contribution in [3.8, 4) is 23.5 Å². The second-order valence-corrected chi connectivity index (χ2v) is 4.20. The Morgan fingerprint density at radius 2 is 1.55 bits per heavy atom. The summed E-state index contributed by atoms with van der Waals surface area (Å²) in [5.74, 6) is 1.34. The first-order valence-corrected chi connectivity index (χ1v) is 6.07. The van der Waals surface area contributed by atoms with Gasteiger partial charge < -0.3 is 19.9 Å². The van der Waals surface area contributed by atoms with Crippen LogP contribution in [0.4, 0.5) is 5.95 Å². The molecule has 0 spiro atoms. The molecule has 0 saturated heterocycles. The number of hydrogen-bond acceptors (Lipinski definition) is 7. The van der Waals surface area contributed by atoms with Crippen LogP contribution in [0.15, 0.2) is 24.3 Å². The number of nitrogens with two attached hydrogens (primary N) is 1. The van der Waals surface area contributed by atoms with Crippen molar-refractivity contribution in [2.45, 2.75) is 20.0 Å². The first kappa shape index (κ1) is 13.9. The van der Waals surface area contributed by atoms with Crippen LogP contribution >= 0.6 is 0 Å². The van der Waals surface area contributed by atoms with E-state index in [2.05, 4.69) is 15.0 Å². The van der Waals surface area contributed by atoms with Crippen LogP contribution in [0.2, 0.25) is 0 Å². The van der Waals surface area contributed by atoms with Crippen molar-refractivity contribution in [2.24, 2.45) is 0 Å². The van der Waals surface area contributed by atoms with Crippen molar-refractivity contribution >= 4 is 5.95 Å². The second kappa shape index (κ2) is 6.05. The van der Waals surface area contributed by atoms with Crippen molar-refractivity contribution in [3.05, 3.63) is 24.3 Å². The number of nitrogen functional groups attached to an aromatic ring is 1. The average molecular weight is 276 g/mol. The van der Waals surface area contributed by atoms with Gasteiger partial charge in [-0.3, -0.25) is 0 Å². The van der Waals surface area contributed by atoms with Gasteiger partial charge >= 0.3 is 12.0 Å². The summed E-state index contributed by atoms with van der Waals surface area (Å²) >= 11 is 0. The monoisotopic (exact) mass is 276 g/mol. The highest BCUT2D eigenvalue weighted by atomic mass is 16.5. The van der Waals surface area contributed by atoms with E-state index in [0.717, 1.165) is 5.75 Å². The fraction of sp³-hybridized carbons (Fsp3) is 0.308. The smallest absolute Gasteiger partial charge is 0.330 e. The molecule has 7 heteroatoms. The number of methoxy groups -OCH3 is 1. The molecule has 0 radical (unpaired) electrons. The number of rotatable bonds is 5. The lowest BCUT2D eigenvalue weighted by atomic mass is 10.3. The summed E-state index contributed by atoms with van der Waals surface area (Å²) in [7, 11) is 1.60. The summed E-state index contributed by atoms with van der Waals surface area (Å²) in [4.78, 5) is 11.8. The molecule has 0 atom stereocenters. The summed E-state index contributed by atoms with van der Waals surface area (Å²) in [6.07, 6.45) is -0.0642. The highest BCUT2D eigenvalue weighted by Crippen LogP contribution is 2.22. The average Bonchev–Trinajstić information content (AvgIpc) is 2.38. The molecule has 1 aromatic carbocycles. The van der Waals surface area contributed by atoms with Crippen molar-refractivity contribution in [1.82, 2.24) is 15.0 Å². The number of anilines is 1. The third-order valence-electron chi connectivity index (χ3n) is 2.22. The maximum atomic E-state index is 5.59. The second-order valence-electron chi connectivity index (χ2n) is 4.20. The molecular formula is C13H16N4O3. The topological polar surface area (TPSA) is 92.4 Å². The maximum absolute atomic E-state index is 5.59. The van der Waals surface area contributed by atoms with Crippen LogP contribution in [0, 0.1) is 0 Å². The van der Waals surface area contributed by atoms with Crippen molar-refractivity contribution < 1.29 is 14.2 Å². The Balaban J connectivity index is 2.17. The van der Waals surface area contributed by atoms with Crippen molar-refractivity contribution in [1.29, 1.82) is 0 Å². The normalized spacial score (nSPS) is 10.4. The number of benzene rings is 1. The van der Waals surface area contributed by atoms with E-state index in [-0.39, 0.29) is 24.1 Å². The van der Waals surface area contributed by atoms with Crippen LogP contribution in [-0.2, 0) is 0 Å². The summed E-state index contributed by atoms with van der Waals surface area (Å²) in [6.45, 7) is 3.73. The van der Waals surface area contributed by atoms with E-state index in [9.17, 15) is 0 Å². The first-order valence-electron chi connectivity index (χ1n) is 6.07. The van der Waals surface area contributed by atoms with Gasteiger partial charge in [0, 0.05) is 0 Å². The molecule has 0 fully saturated rings. The van der Waals surface area contributed by atoms with Gasteiger partial charge in [0.05, 0.1) is 13.2 Å². The molecule has 106 valence electrons. The van der Waals surface area contributed by atoms with E-state index in [1.54, 1.807) is 31.4 Å². The lowest BCUT2D eigenvalue weighted by molar-refractivity contribution is 0.219. The standard InChI is InChI=1S/C13H16N4O3/c1-8(2)19-12-15-11(14)16-13(17-12)20-10-6-4-9(18-3)5-7-10/h4-8H,1-3H3,(H2,14,15,16,17). The molecule has 0 saturated carbocycles. The molecule has 0 amide bonds. The molecule has 20 heavy (non-hydrogen) atoms. The molecule has 0 aliphatic carbocycles. The summed E-state index contributed by atoms with van der Waals surface area (Å²) in [5, 5.41) is 0. The van der Waals surface area contributed by atoms with Gasteiger partial charge in [-0.15, -0.1) is 4.98 Å². The predicted molar refractivity (Wildman–Crippen MR) is 73.1 cm³/mol. The van der Waals surface area contributed by atoms with E-state index in [0.29, 0.717) is 5.75 Å². The van der Waals surface area contributed by atoms with Crippen LogP contribution in [0.25, 0.3) is 0 Å². The minimum atomic E-state index is -0.0642. The van der Waals surface area contributed by atoms with Crippen molar-refractivity contribution in [2.75, 3.05) is 12.8 Å². The van der Waals surface area contributed by atoms with Crippen LogP contribution in [0.3, 0.4) is 0 Å². The molecule has 7 nitrogen and oxygen atoms in total. The molecule has 0 bridgehead atoms. The SMILES string of the molecule is COc1ccc(Oc2nc(N)nc(OC(C)C)n2)cc1. The van der Waals surface area contributed by atoms with Gasteiger partial charge in [0.1, 0.15) is 11.5 Å². The lowest BCUT2D eigenvalue weighted by Crippen LogP contribution is -2.10. The third kappa shape index (κ3) is 3.71. The molecule has 0 aliphatic rings.